The van der Waals surface area contributed by atoms with Crippen LogP contribution >= 0.6 is 11.3 Å². The molecule has 0 fully saturated rings. The Kier molecular flexibility index (Phi) is 5.51. The van der Waals surface area contributed by atoms with E-state index in [1.165, 1.54) is 21.2 Å². The van der Waals surface area contributed by atoms with Crippen molar-refractivity contribution in [2.75, 3.05) is 0 Å². The van der Waals surface area contributed by atoms with Gasteiger partial charge < -0.3 is 4.42 Å². The van der Waals surface area contributed by atoms with Gasteiger partial charge in [0, 0.05) is 37.2 Å². The molecule has 0 bridgehead atoms. The molecule has 0 saturated carbocycles. The zero-order valence-corrected chi connectivity index (χ0v) is 26.9. The third-order valence-corrected chi connectivity index (χ3v) is 11.0. The highest BCUT2D eigenvalue weighted by Crippen LogP contribution is 2.42. The van der Waals surface area contributed by atoms with E-state index in [9.17, 15) is 0 Å². The molecule has 4 aromatic heterocycles. The summed E-state index contributed by atoms with van der Waals surface area (Å²) >= 11 is 1.76. The lowest BCUT2D eigenvalue weighted by Gasteiger charge is -2.11. The van der Waals surface area contributed by atoms with Crippen LogP contribution in [0.3, 0.4) is 0 Å². The number of furan rings is 1. The van der Waals surface area contributed by atoms with Crippen molar-refractivity contribution in [3.05, 3.63) is 152 Å². The Bertz CT molecular complexity index is 3100. The van der Waals surface area contributed by atoms with E-state index in [0.29, 0.717) is 5.95 Å². The molecule has 0 unspecified atom stereocenters. The van der Waals surface area contributed by atoms with Crippen molar-refractivity contribution >= 4 is 86.2 Å². The maximum Gasteiger partial charge on any atom is 0.235 e. The molecule has 0 amide bonds. The average molecular weight is 644 g/mol. The Morgan fingerprint density at radius 2 is 1.20 bits per heavy atom. The lowest BCUT2D eigenvalue weighted by atomic mass is 10.0. The van der Waals surface area contributed by atoms with Gasteiger partial charge in [0.1, 0.15) is 11.2 Å². The normalized spacial score (nSPS) is 12.1. The molecule has 0 saturated heterocycles. The van der Waals surface area contributed by atoms with Gasteiger partial charge in [-0.15, -0.1) is 11.3 Å². The smallest absolute Gasteiger partial charge is 0.235 e. The summed E-state index contributed by atoms with van der Waals surface area (Å²) in [4.78, 5) is 10.8. The van der Waals surface area contributed by atoms with E-state index >= 15 is 0 Å². The van der Waals surface area contributed by atoms with Gasteiger partial charge in [-0.3, -0.25) is 4.57 Å². The lowest BCUT2D eigenvalue weighted by Crippen LogP contribution is -2.02. The van der Waals surface area contributed by atoms with Gasteiger partial charge in [-0.05, 0) is 58.3 Å². The van der Waals surface area contributed by atoms with Crippen molar-refractivity contribution < 1.29 is 4.42 Å². The number of thiophene rings is 1. The van der Waals surface area contributed by atoms with Crippen LogP contribution in [0.25, 0.3) is 103 Å². The first kappa shape index (κ1) is 26.7. The molecule has 0 atom stereocenters. The van der Waals surface area contributed by atoms with E-state index < -0.39 is 0 Å². The molecule has 11 rings (SSSR count). The highest BCUT2D eigenvalue weighted by atomic mass is 32.1. The molecule has 5 heteroatoms. The number of aromatic nitrogens is 3. The van der Waals surface area contributed by atoms with Crippen molar-refractivity contribution in [2.24, 2.45) is 0 Å². The molecule has 49 heavy (non-hydrogen) atoms. The van der Waals surface area contributed by atoms with Crippen molar-refractivity contribution in [3.8, 4) is 28.3 Å². The predicted octanol–water partition coefficient (Wildman–Crippen LogP) is 12.3. The van der Waals surface area contributed by atoms with E-state index in [1.807, 2.05) is 12.1 Å². The van der Waals surface area contributed by atoms with Crippen LogP contribution in [0.5, 0.6) is 0 Å². The fourth-order valence-electron chi connectivity index (χ4n) is 7.55. The fourth-order valence-corrected chi connectivity index (χ4v) is 8.71. The number of hydrogen-bond donors (Lipinski definition) is 0. The summed E-state index contributed by atoms with van der Waals surface area (Å²) in [7, 11) is 0. The third-order valence-electron chi connectivity index (χ3n) is 9.82. The molecule has 0 spiro atoms. The molecule has 0 aliphatic carbocycles. The summed E-state index contributed by atoms with van der Waals surface area (Å²) < 4.78 is 10.8. The van der Waals surface area contributed by atoms with E-state index in [0.717, 1.165) is 76.0 Å². The Morgan fingerprint density at radius 1 is 0.490 bits per heavy atom. The first-order chi connectivity index (χ1) is 24.3. The van der Waals surface area contributed by atoms with Gasteiger partial charge in [0.15, 0.2) is 0 Å². The second kappa shape index (κ2) is 10.1. The molecule has 4 heterocycles. The van der Waals surface area contributed by atoms with Gasteiger partial charge in [-0.2, -0.15) is 0 Å². The minimum atomic E-state index is 0.665. The van der Waals surface area contributed by atoms with E-state index in [-0.39, 0.29) is 0 Å². The molecule has 0 aliphatic rings. The summed E-state index contributed by atoms with van der Waals surface area (Å²) in [5, 5.41) is 8.08. The van der Waals surface area contributed by atoms with E-state index in [2.05, 4.69) is 144 Å². The van der Waals surface area contributed by atoms with Gasteiger partial charge in [-0.1, -0.05) is 115 Å². The molecule has 11 aromatic rings. The Balaban J connectivity index is 1.21. The first-order valence-electron chi connectivity index (χ1n) is 16.4. The Labute approximate surface area is 284 Å². The largest absolute Gasteiger partial charge is 0.456 e. The number of hydrogen-bond acceptors (Lipinski definition) is 4. The highest BCUT2D eigenvalue weighted by Gasteiger charge is 2.21. The maximum atomic E-state index is 6.27. The molecular weight excluding hydrogens is 619 g/mol. The summed E-state index contributed by atoms with van der Waals surface area (Å²) in [5.74, 6) is 0.665. The monoisotopic (exact) mass is 643 g/mol. The van der Waals surface area contributed by atoms with Crippen molar-refractivity contribution in [2.45, 2.75) is 0 Å². The van der Waals surface area contributed by atoms with Gasteiger partial charge in [0.2, 0.25) is 5.95 Å². The van der Waals surface area contributed by atoms with Crippen LogP contribution in [0.2, 0.25) is 0 Å². The van der Waals surface area contributed by atoms with Crippen molar-refractivity contribution in [1.82, 2.24) is 14.5 Å². The van der Waals surface area contributed by atoms with Crippen LogP contribution in [-0.4, -0.2) is 14.5 Å². The maximum absolute atomic E-state index is 6.27. The number of para-hydroxylation sites is 2. The first-order valence-corrected chi connectivity index (χ1v) is 17.2. The van der Waals surface area contributed by atoms with Crippen LogP contribution in [-0.2, 0) is 0 Å². The number of fused-ring (bicyclic) bond motifs is 11. The highest BCUT2D eigenvalue weighted by molar-refractivity contribution is 7.26. The summed E-state index contributed by atoms with van der Waals surface area (Å²) in [5.41, 5.74) is 9.32. The fraction of sp³-hybridized carbons (Fsp3) is 0. The molecule has 0 aliphatic heterocycles. The quantitative estimate of drug-likeness (QED) is 0.192. The molecule has 4 nitrogen and oxygen atoms in total. The molecule has 0 N–H and O–H groups in total. The minimum Gasteiger partial charge on any atom is -0.456 e. The minimum absolute atomic E-state index is 0.665. The summed E-state index contributed by atoms with van der Waals surface area (Å²) in [6.45, 7) is 0. The zero-order chi connectivity index (χ0) is 32.1. The van der Waals surface area contributed by atoms with E-state index in [1.54, 1.807) is 11.3 Å². The van der Waals surface area contributed by atoms with Crippen molar-refractivity contribution in [1.29, 1.82) is 0 Å². The van der Waals surface area contributed by atoms with Crippen LogP contribution in [0.1, 0.15) is 0 Å². The molecule has 228 valence electrons. The number of benzene rings is 7. The summed E-state index contributed by atoms with van der Waals surface area (Å²) in [6.07, 6.45) is 0. The Morgan fingerprint density at radius 3 is 2.08 bits per heavy atom. The van der Waals surface area contributed by atoms with Gasteiger partial charge >= 0.3 is 0 Å². The molecule has 0 radical (unpaired) electrons. The van der Waals surface area contributed by atoms with Gasteiger partial charge in [0.05, 0.1) is 26.9 Å². The van der Waals surface area contributed by atoms with E-state index in [4.69, 9.17) is 14.4 Å². The third kappa shape index (κ3) is 3.91. The zero-order valence-electron chi connectivity index (χ0n) is 26.1. The standard InChI is InChI=1S/C44H25N3OS/c1-2-10-26(11-3-1)27-18-20-28(21-19-27)41-43-42(32-14-6-9-17-39(32)49-43)46-44(45-41)47-35-15-7-4-12-30(35)34-25-33-29(24-36(34)47)22-23-38-40(33)31-13-5-8-16-37(31)48-38/h1-25H. The van der Waals surface area contributed by atoms with Crippen LogP contribution in [0.15, 0.2) is 156 Å². The second-order valence-electron chi connectivity index (χ2n) is 12.6. The van der Waals surface area contributed by atoms with Crippen LogP contribution < -0.4 is 0 Å². The van der Waals surface area contributed by atoms with Gasteiger partial charge in [0.25, 0.3) is 0 Å². The van der Waals surface area contributed by atoms with Crippen LogP contribution in [0, 0.1) is 0 Å². The van der Waals surface area contributed by atoms with Crippen molar-refractivity contribution in [3.63, 3.8) is 0 Å². The topological polar surface area (TPSA) is 43.9 Å². The average Bonchev–Trinajstić information content (AvgIpc) is 3.83. The predicted molar refractivity (Wildman–Crippen MR) is 205 cm³/mol. The second-order valence-corrected chi connectivity index (χ2v) is 13.6. The number of rotatable bonds is 3. The Hall–Kier alpha value is -6.30. The lowest BCUT2D eigenvalue weighted by molar-refractivity contribution is 0.669. The molecule has 7 aromatic carbocycles. The SMILES string of the molecule is c1ccc(-c2ccc(-c3nc(-n4c5ccccc5c5cc6c(ccc7oc8ccccc8c76)cc54)nc4c3sc3ccccc34)cc2)cc1. The van der Waals surface area contributed by atoms with Crippen LogP contribution in [0.4, 0.5) is 0 Å². The molecular formula is C44H25N3OS. The summed E-state index contributed by atoms with van der Waals surface area (Å²) in [6, 6.07) is 53.6. The van der Waals surface area contributed by atoms with Gasteiger partial charge in [-0.25, -0.2) is 9.97 Å². The number of nitrogens with zero attached hydrogens (tertiary/aromatic N) is 3.